The molecule has 4 aliphatic carbocycles. The van der Waals surface area contributed by atoms with Crippen molar-refractivity contribution in [3.8, 4) is 0 Å². The Morgan fingerprint density at radius 3 is 2.47 bits per heavy atom. The van der Waals surface area contributed by atoms with Gasteiger partial charge in [-0.3, -0.25) is 19.2 Å². The van der Waals surface area contributed by atoms with Gasteiger partial charge in [0.25, 0.3) is 0 Å². The first-order valence-corrected chi connectivity index (χ1v) is 20.4. The van der Waals surface area contributed by atoms with Gasteiger partial charge in [0.05, 0.1) is 25.4 Å². The molecule has 2 N–H and O–H groups in total. The molecule has 2 aromatic carbocycles. The second-order valence-electron chi connectivity index (χ2n) is 17.2. The Labute approximate surface area is 321 Å². The summed E-state index contributed by atoms with van der Waals surface area (Å²) in [4.78, 5) is 52.1. The van der Waals surface area contributed by atoms with Crippen molar-refractivity contribution >= 4 is 23.9 Å². The number of rotatable bonds is 13. The Bertz CT molecular complexity index is 1840. The molecule has 0 aromatic heterocycles. The van der Waals surface area contributed by atoms with Crippen LogP contribution in [0.25, 0.3) is 6.08 Å². The lowest BCUT2D eigenvalue weighted by Gasteiger charge is -2.50. The van der Waals surface area contributed by atoms with Crippen LogP contribution in [0.4, 0.5) is 0 Å². The van der Waals surface area contributed by atoms with Crippen molar-refractivity contribution in [2.24, 2.45) is 23.2 Å². The molecule has 4 saturated carbocycles. The van der Waals surface area contributed by atoms with Crippen LogP contribution in [-0.4, -0.2) is 108 Å². The van der Waals surface area contributed by atoms with Crippen LogP contribution in [-0.2, 0) is 51.1 Å². The van der Waals surface area contributed by atoms with E-state index in [0.29, 0.717) is 18.1 Å². The molecule has 12 nitrogen and oxygen atoms in total. The van der Waals surface area contributed by atoms with Crippen LogP contribution in [0.15, 0.2) is 60.7 Å². The van der Waals surface area contributed by atoms with Crippen LogP contribution >= 0.6 is 0 Å². The number of esters is 1. The molecule has 4 heterocycles. The van der Waals surface area contributed by atoms with Gasteiger partial charge in [-0.25, -0.2) is 0 Å². The van der Waals surface area contributed by atoms with Crippen molar-refractivity contribution in [2.45, 2.75) is 119 Å². The summed E-state index contributed by atoms with van der Waals surface area (Å²) < 4.78 is 26.0. The number of amides is 2. The average molecular weight is 754 g/mol. The minimum Gasteiger partial charge on any atom is -0.458 e. The number of carbonyl (C=O) groups is 3. The topological polar surface area (TPSA) is 139 Å². The first-order valence-electron chi connectivity index (χ1n) is 20.4. The Morgan fingerprint density at radius 1 is 0.964 bits per heavy atom. The van der Waals surface area contributed by atoms with Crippen molar-refractivity contribution < 1.29 is 43.3 Å². The molecule has 0 spiro atoms. The van der Waals surface area contributed by atoms with Gasteiger partial charge in [-0.1, -0.05) is 66.7 Å². The molecular weight excluding hydrogens is 702 g/mol. The summed E-state index contributed by atoms with van der Waals surface area (Å²) in [6.07, 6.45) is 10.3. The fourth-order valence-corrected chi connectivity index (χ4v) is 10.5. The molecule has 0 radical (unpaired) electrons. The third-order valence-corrected chi connectivity index (χ3v) is 13.6. The Kier molecular flexibility index (Phi) is 8.95. The summed E-state index contributed by atoms with van der Waals surface area (Å²) in [5.41, 5.74) is 1.45. The van der Waals surface area contributed by atoms with Crippen molar-refractivity contribution in [1.29, 1.82) is 0 Å². The minimum atomic E-state index is -1.41. The van der Waals surface area contributed by atoms with Crippen LogP contribution in [0, 0.1) is 23.2 Å². The number of hydrogen-bond donors (Lipinski definition) is 2. The zero-order valence-electron chi connectivity index (χ0n) is 31.3. The third kappa shape index (κ3) is 6.24. The van der Waals surface area contributed by atoms with E-state index in [2.05, 4.69) is 29.6 Å². The van der Waals surface area contributed by atoms with Crippen molar-refractivity contribution in [1.82, 2.24) is 15.3 Å². The molecule has 2 bridgehead atoms. The molecule has 8 aliphatic rings. The fraction of sp³-hybridized carbons (Fsp3) is 0.605. The largest absolute Gasteiger partial charge is 0.458 e. The second-order valence-corrected chi connectivity index (χ2v) is 17.2. The summed E-state index contributed by atoms with van der Waals surface area (Å²) in [7, 11) is 1.64. The standard InChI is InChI=1S/C43H51N3O9/c1-45(31(39(48)44-18-19-47)21-25-6-3-2-4-7-25)41(50)42-23-34-35-36(54-43(53-35,29-13-14-29)30-15-16-30)38(42)55-46(37(42)40(49)52-34)24-28-9-5-8-26(20-28)10-11-27-12-17-32-33(22-27)51-32/h2-11,20,27,29-38,47H,12-19,21-24H2,1H3,(H,44,48). The number of ether oxygens (including phenoxy) is 4. The summed E-state index contributed by atoms with van der Waals surface area (Å²) in [6.45, 7) is 0.0579. The summed E-state index contributed by atoms with van der Waals surface area (Å²) in [6, 6.07) is 15.7. The number of likely N-dealkylation sites (N-methyl/N-ethyl adjacent to an activating group) is 1. The molecule has 2 amide bonds. The highest BCUT2D eigenvalue weighted by Crippen LogP contribution is 2.64. The summed E-state index contributed by atoms with van der Waals surface area (Å²) in [5.74, 6) is -1.04. The molecule has 2 aromatic rings. The van der Waals surface area contributed by atoms with Gasteiger partial charge in [0.15, 0.2) is 11.8 Å². The smallest absolute Gasteiger partial charge is 0.327 e. The van der Waals surface area contributed by atoms with E-state index in [1.165, 1.54) is 4.90 Å². The van der Waals surface area contributed by atoms with E-state index in [4.69, 9.17) is 23.8 Å². The zero-order chi connectivity index (χ0) is 37.5. The predicted octanol–water partition coefficient (Wildman–Crippen LogP) is 3.55. The van der Waals surface area contributed by atoms with Gasteiger partial charge in [-0.15, -0.1) is 0 Å². The highest BCUT2D eigenvalue weighted by Gasteiger charge is 2.78. The molecule has 55 heavy (non-hydrogen) atoms. The maximum Gasteiger partial charge on any atom is 0.327 e. The number of fused-ring (bicyclic) bond motifs is 5. The van der Waals surface area contributed by atoms with Gasteiger partial charge in [0.2, 0.25) is 11.8 Å². The fourth-order valence-electron chi connectivity index (χ4n) is 10.5. The van der Waals surface area contributed by atoms with Gasteiger partial charge in [0.1, 0.15) is 35.9 Å². The van der Waals surface area contributed by atoms with E-state index in [9.17, 15) is 14.7 Å². The average Bonchev–Trinajstić information content (AvgIpc) is 4.10. The highest BCUT2D eigenvalue weighted by atomic mass is 16.8. The van der Waals surface area contributed by atoms with E-state index in [1.54, 1.807) is 12.1 Å². The summed E-state index contributed by atoms with van der Waals surface area (Å²) >= 11 is 0. The van der Waals surface area contributed by atoms with Crippen molar-refractivity contribution in [3.05, 3.63) is 77.4 Å². The Balaban J connectivity index is 0.986. The maximum atomic E-state index is 15.5. The van der Waals surface area contributed by atoms with E-state index < -0.39 is 53.7 Å². The van der Waals surface area contributed by atoms with Crippen LogP contribution < -0.4 is 5.32 Å². The van der Waals surface area contributed by atoms with Crippen LogP contribution in [0.5, 0.6) is 0 Å². The quantitative estimate of drug-likeness (QED) is 0.231. The normalized spacial score (nSPS) is 36.1. The highest BCUT2D eigenvalue weighted by molar-refractivity contribution is 5.96. The number of aliphatic hydroxyl groups excluding tert-OH is 1. The first-order chi connectivity index (χ1) is 26.8. The number of allylic oxidation sites excluding steroid dienone is 1. The number of benzene rings is 2. The molecule has 10 rings (SSSR count). The third-order valence-electron chi connectivity index (χ3n) is 13.6. The number of hydroxylamine groups is 2. The number of nitrogens with zero attached hydrogens (tertiary/aromatic N) is 2. The summed E-state index contributed by atoms with van der Waals surface area (Å²) in [5, 5.41) is 14.0. The molecule has 292 valence electrons. The van der Waals surface area contributed by atoms with Gasteiger partial charge in [-0.05, 0) is 67.6 Å². The molecular formula is C43H51N3O9. The lowest BCUT2D eigenvalue weighted by atomic mass is 9.62. The monoisotopic (exact) mass is 753 g/mol. The predicted molar refractivity (Wildman–Crippen MR) is 197 cm³/mol. The van der Waals surface area contributed by atoms with E-state index in [0.717, 1.165) is 61.6 Å². The van der Waals surface area contributed by atoms with Gasteiger partial charge in [-0.2, -0.15) is 5.06 Å². The first kappa shape index (κ1) is 35.7. The van der Waals surface area contributed by atoms with Crippen LogP contribution in [0.3, 0.4) is 0 Å². The number of nitrogens with one attached hydrogen (secondary N) is 1. The minimum absolute atomic E-state index is 0.0531. The molecule has 8 fully saturated rings. The van der Waals surface area contributed by atoms with E-state index >= 15 is 4.79 Å². The number of hydrogen-bond acceptors (Lipinski definition) is 10. The lowest BCUT2D eigenvalue weighted by Crippen LogP contribution is -2.70. The number of epoxide rings is 1. The van der Waals surface area contributed by atoms with Gasteiger partial charge in [0, 0.05) is 38.3 Å². The van der Waals surface area contributed by atoms with Gasteiger partial charge >= 0.3 is 5.97 Å². The van der Waals surface area contributed by atoms with Crippen LogP contribution in [0.1, 0.15) is 68.1 Å². The molecule has 10 unspecified atom stereocenters. The zero-order valence-corrected chi connectivity index (χ0v) is 31.3. The molecule has 10 atom stereocenters. The van der Waals surface area contributed by atoms with Gasteiger partial charge < -0.3 is 34.3 Å². The van der Waals surface area contributed by atoms with Crippen molar-refractivity contribution in [2.75, 3.05) is 20.2 Å². The molecule has 4 aliphatic heterocycles. The molecule has 12 heteroatoms. The molecule has 4 saturated heterocycles. The Hall–Kier alpha value is -3.65. The lowest BCUT2D eigenvalue weighted by molar-refractivity contribution is -0.235. The van der Waals surface area contributed by atoms with E-state index in [1.807, 2.05) is 42.5 Å². The van der Waals surface area contributed by atoms with Crippen molar-refractivity contribution in [3.63, 3.8) is 0 Å². The van der Waals surface area contributed by atoms with E-state index in [-0.39, 0.29) is 56.2 Å². The maximum absolute atomic E-state index is 15.5. The number of aliphatic hydroxyl groups is 1. The second kappa shape index (κ2) is 13.8. The number of carbonyl (C=O) groups excluding carboxylic acids is 3. The van der Waals surface area contributed by atoms with Crippen LogP contribution in [0.2, 0.25) is 0 Å². The Morgan fingerprint density at radius 2 is 1.73 bits per heavy atom. The SMILES string of the molecule is CN(C(=O)C12CC3OC(=O)C1N(Cc1cccc(C=CC4CCC5OC5C4)c1)OC2C1OC(C2CC2)(C2CC2)OC31)C(Cc1ccccc1)C(=O)NCCO.